The van der Waals surface area contributed by atoms with Crippen molar-refractivity contribution in [1.29, 1.82) is 0 Å². The molecule has 4 saturated carbocycles. The molecular weight excluding hydrogens is 364 g/mol. The Labute approximate surface area is 172 Å². The molecular formula is C24H40O3Si. The van der Waals surface area contributed by atoms with Gasteiger partial charge in [0.25, 0.3) is 0 Å². The molecule has 4 aliphatic carbocycles. The molecule has 1 aliphatic heterocycles. The van der Waals surface area contributed by atoms with E-state index in [0.29, 0.717) is 11.5 Å². The van der Waals surface area contributed by atoms with Crippen LogP contribution < -0.4 is 0 Å². The molecule has 5 aliphatic rings. The van der Waals surface area contributed by atoms with Gasteiger partial charge in [0.05, 0.1) is 0 Å². The second-order valence-corrected chi connectivity index (χ2v) is 16.3. The summed E-state index contributed by atoms with van der Waals surface area (Å²) in [6.07, 6.45) is 11.2. The summed E-state index contributed by atoms with van der Waals surface area (Å²) in [6.45, 7) is 11.6. The second-order valence-electron chi connectivity index (χ2n) is 12.1. The zero-order chi connectivity index (χ0) is 19.9. The van der Waals surface area contributed by atoms with Crippen LogP contribution in [0.15, 0.2) is 0 Å². The minimum Gasteiger partial charge on any atom is -0.462 e. The third-order valence-corrected chi connectivity index (χ3v) is 12.7. The zero-order valence-electron chi connectivity index (χ0n) is 18.6. The SMILES string of the molecule is CC(=O)O[C@H]1CC[C@H]2[C@@H]3CCC4C5C[Si](C)(C)O[C@@H]5CC[C@]4(C)[C@H]3CC[C@]12C. The third kappa shape index (κ3) is 2.72. The summed E-state index contributed by atoms with van der Waals surface area (Å²) < 4.78 is 12.4. The number of esters is 1. The van der Waals surface area contributed by atoms with E-state index in [0.717, 1.165) is 36.0 Å². The van der Waals surface area contributed by atoms with E-state index in [9.17, 15) is 4.79 Å². The number of carbonyl (C=O) groups is 1. The molecule has 5 fully saturated rings. The van der Waals surface area contributed by atoms with Crippen LogP contribution >= 0.6 is 0 Å². The predicted octanol–water partition coefficient (Wildman–Crippen LogP) is 5.79. The van der Waals surface area contributed by atoms with Crippen LogP contribution in [0.1, 0.15) is 72.1 Å². The van der Waals surface area contributed by atoms with E-state index < -0.39 is 8.32 Å². The van der Waals surface area contributed by atoms with Crippen LogP contribution in [0.25, 0.3) is 0 Å². The molecule has 0 N–H and O–H groups in total. The zero-order valence-corrected chi connectivity index (χ0v) is 19.6. The van der Waals surface area contributed by atoms with Crippen LogP contribution in [-0.2, 0) is 14.0 Å². The smallest absolute Gasteiger partial charge is 0.302 e. The van der Waals surface area contributed by atoms with Gasteiger partial charge in [0.1, 0.15) is 6.10 Å². The molecule has 9 atom stereocenters. The molecule has 0 aromatic carbocycles. The largest absolute Gasteiger partial charge is 0.462 e. The second kappa shape index (κ2) is 6.32. The topological polar surface area (TPSA) is 35.5 Å². The number of rotatable bonds is 1. The van der Waals surface area contributed by atoms with Gasteiger partial charge in [-0.2, -0.15) is 0 Å². The average Bonchev–Trinajstić information content (AvgIpc) is 3.09. The van der Waals surface area contributed by atoms with Crippen molar-refractivity contribution in [3.8, 4) is 0 Å². The number of fused-ring (bicyclic) bond motifs is 7. The highest BCUT2D eigenvalue weighted by Gasteiger charge is 2.63. The summed E-state index contributed by atoms with van der Waals surface area (Å²) in [4.78, 5) is 11.7. The Morgan fingerprint density at radius 1 is 0.893 bits per heavy atom. The van der Waals surface area contributed by atoms with Gasteiger partial charge in [-0.25, -0.2) is 0 Å². The highest BCUT2D eigenvalue weighted by atomic mass is 28.4. The van der Waals surface area contributed by atoms with Gasteiger partial charge in [0.2, 0.25) is 0 Å². The molecule has 1 saturated heterocycles. The van der Waals surface area contributed by atoms with Crippen molar-refractivity contribution in [1.82, 2.24) is 0 Å². The maximum Gasteiger partial charge on any atom is 0.302 e. The number of ether oxygens (including phenoxy) is 1. The number of hydrogen-bond acceptors (Lipinski definition) is 3. The summed E-state index contributed by atoms with van der Waals surface area (Å²) in [6, 6.07) is 1.39. The Bertz CT molecular complexity index is 662. The normalized spacial score (nSPS) is 54.2. The maximum atomic E-state index is 11.7. The van der Waals surface area contributed by atoms with Crippen LogP contribution in [-0.4, -0.2) is 26.5 Å². The Hall–Kier alpha value is -0.353. The minimum atomic E-state index is -1.43. The predicted molar refractivity (Wildman–Crippen MR) is 113 cm³/mol. The quantitative estimate of drug-likeness (QED) is 0.410. The van der Waals surface area contributed by atoms with Crippen molar-refractivity contribution in [3.63, 3.8) is 0 Å². The van der Waals surface area contributed by atoms with E-state index in [1.54, 1.807) is 6.92 Å². The van der Waals surface area contributed by atoms with Gasteiger partial charge in [-0.1, -0.05) is 13.8 Å². The lowest BCUT2D eigenvalue weighted by atomic mass is 9.43. The van der Waals surface area contributed by atoms with Crippen LogP contribution in [0.4, 0.5) is 0 Å². The summed E-state index contributed by atoms with van der Waals surface area (Å²) in [5.41, 5.74) is 0.738. The molecule has 2 unspecified atom stereocenters. The molecule has 3 nitrogen and oxygen atoms in total. The van der Waals surface area contributed by atoms with Gasteiger partial charge in [-0.15, -0.1) is 0 Å². The van der Waals surface area contributed by atoms with Crippen molar-refractivity contribution in [2.24, 2.45) is 40.4 Å². The van der Waals surface area contributed by atoms with Gasteiger partial charge in [-0.05, 0) is 106 Å². The van der Waals surface area contributed by atoms with E-state index in [-0.39, 0.29) is 17.5 Å². The molecule has 1 heterocycles. The Morgan fingerprint density at radius 3 is 2.29 bits per heavy atom. The van der Waals surface area contributed by atoms with Crippen molar-refractivity contribution in [2.45, 2.75) is 103 Å². The first-order valence-electron chi connectivity index (χ1n) is 12.0. The number of carbonyl (C=O) groups excluding carboxylic acids is 1. The van der Waals surface area contributed by atoms with Crippen molar-refractivity contribution in [3.05, 3.63) is 0 Å². The first kappa shape index (κ1) is 19.6. The summed E-state index contributed by atoms with van der Waals surface area (Å²) >= 11 is 0. The molecule has 4 heteroatoms. The lowest BCUT2D eigenvalue weighted by molar-refractivity contribution is -0.165. The van der Waals surface area contributed by atoms with Gasteiger partial charge < -0.3 is 9.16 Å². The van der Waals surface area contributed by atoms with Crippen molar-refractivity contribution in [2.75, 3.05) is 0 Å². The molecule has 0 aromatic heterocycles. The monoisotopic (exact) mass is 404 g/mol. The molecule has 28 heavy (non-hydrogen) atoms. The fourth-order valence-corrected chi connectivity index (χ4v) is 12.2. The van der Waals surface area contributed by atoms with E-state index in [1.807, 2.05) is 0 Å². The standard InChI is InChI=1S/C24H40O3Si/c1-15(25)26-22-9-8-18-16-6-7-19-17-14-28(4,5)27-21(17)11-13-23(19,2)20(16)10-12-24(18,22)3/h16-22H,6-14H2,1-5H3/t16-,17?,18-,19?,20-,21+,22-,23-,24-/m0/s1. The maximum absolute atomic E-state index is 11.7. The highest BCUT2D eigenvalue weighted by molar-refractivity contribution is 6.71. The lowest BCUT2D eigenvalue weighted by Crippen LogP contribution is -2.56. The van der Waals surface area contributed by atoms with Crippen LogP contribution in [0.2, 0.25) is 19.1 Å². The summed E-state index contributed by atoms with van der Waals surface area (Å²) in [7, 11) is -1.43. The van der Waals surface area contributed by atoms with Crippen molar-refractivity contribution < 1.29 is 14.0 Å². The highest BCUT2D eigenvalue weighted by Crippen LogP contribution is 2.68. The van der Waals surface area contributed by atoms with Gasteiger partial charge in [0.15, 0.2) is 8.32 Å². The lowest BCUT2D eigenvalue weighted by Gasteiger charge is -2.62. The van der Waals surface area contributed by atoms with Gasteiger partial charge >= 0.3 is 5.97 Å². The molecule has 158 valence electrons. The minimum absolute atomic E-state index is 0.0870. The fourth-order valence-electron chi connectivity index (χ4n) is 9.28. The van der Waals surface area contributed by atoms with E-state index in [1.165, 1.54) is 51.0 Å². The molecule has 0 bridgehead atoms. The Kier molecular flexibility index (Phi) is 4.43. The van der Waals surface area contributed by atoms with E-state index in [4.69, 9.17) is 9.16 Å². The van der Waals surface area contributed by atoms with Crippen LogP contribution in [0.3, 0.4) is 0 Å². The first-order valence-corrected chi connectivity index (χ1v) is 15.1. The fraction of sp³-hybridized carbons (Fsp3) is 0.958. The third-order valence-electron chi connectivity index (χ3n) is 10.3. The van der Waals surface area contributed by atoms with E-state index in [2.05, 4.69) is 26.9 Å². The molecule has 0 radical (unpaired) electrons. The van der Waals surface area contributed by atoms with Gasteiger partial charge in [0, 0.05) is 18.4 Å². The first-order chi connectivity index (χ1) is 13.1. The van der Waals surface area contributed by atoms with E-state index >= 15 is 0 Å². The summed E-state index contributed by atoms with van der Waals surface area (Å²) in [5.74, 6) is 4.13. The van der Waals surface area contributed by atoms with Crippen LogP contribution in [0, 0.1) is 40.4 Å². The summed E-state index contributed by atoms with van der Waals surface area (Å²) in [5, 5.41) is 0. The molecule has 0 aromatic rings. The molecule has 0 amide bonds. The molecule has 0 spiro atoms. The number of hydrogen-bond donors (Lipinski definition) is 0. The average molecular weight is 405 g/mol. The molecule has 5 rings (SSSR count). The van der Waals surface area contributed by atoms with Crippen LogP contribution in [0.5, 0.6) is 0 Å². The Balaban J connectivity index is 1.40. The van der Waals surface area contributed by atoms with Gasteiger partial charge in [-0.3, -0.25) is 4.79 Å². The Morgan fingerprint density at radius 2 is 1.54 bits per heavy atom. The van der Waals surface area contributed by atoms with Crippen molar-refractivity contribution >= 4 is 14.3 Å².